The Morgan fingerprint density at radius 3 is 2.50 bits per heavy atom. The first-order chi connectivity index (χ1) is 11.7. The first-order valence-electron chi connectivity index (χ1n) is 9.14. The highest BCUT2D eigenvalue weighted by atomic mass is 15.4. The van der Waals surface area contributed by atoms with Crippen LogP contribution in [0.4, 0.5) is 5.82 Å². The second kappa shape index (κ2) is 7.90. The Kier molecular flexibility index (Phi) is 5.63. The molecular formula is C17H29N7. The molecule has 24 heavy (non-hydrogen) atoms. The molecule has 0 atom stereocenters. The maximum Gasteiger partial charge on any atom is 0.254 e. The summed E-state index contributed by atoms with van der Waals surface area (Å²) in [6, 6.07) is 2.16. The van der Waals surface area contributed by atoms with E-state index in [1.165, 1.54) is 0 Å². The molecule has 0 saturated carbocycles. The highest BCUT2D eigenvalue weighted by molar-refractivity contribution is 5.47. The number of anilines is 1. The van der Waals surface area contributed by atoms with Crippen LogP contribution in [0.1, 0.15) is 26.5 Å². The van der Waals surface area contributed by atoms with Crippen LogP contribution < -0.4 is 4.90 Å². The molecule has 3 heterocycles. The van der Waals surface area contributed by atoms with Gasteiger partial charge in [-0.1, -0.05) is 20.8 Å². The van der Waals surface area contributed by atoms with E-state index in [0.717, 1.165) is 70.3 Å². The van der Waals surface area contributed by atoms with E-state index in [1.54, 1.807) is 6.33 Å². The molecule has 1 fully saturated rings. The van der Waals surface area contributed by atoms with E-state index in [-0.39, 0.29) is 0 Å². The van der Waals surface area contributed by atoms with Crippen LogP contribution in [0.25, 0.3) is 5.78 Å². The fraction of sp³-hybridized carbons (Fsp3) is 0.706. The van der Waals surface area contributed by atoms with Crippen LogP contribution >= 0.6 is 0 Å². The van der Waals surface area contributed by atoms with Gasteiger partial charge in [-0.15, -0.1) is 0 Å². The summed E-state index contributed by atoms with van der Waals surface area (Å²) in [7, 11) is 0. The van der Waals surface area contributed by atoms with Gasteiger partial charge in [0.25, 0.3) is 5.78 Å². The van der Waals surface area contributed by atoms with Gasteiger partial charge in [-0.3, -0.25) is 4.90 Å². The average Bonchev–Trinajstić information content (AvgIpc) is 3.11. The van der Waals surface area contributed by atoms with Crippen molar-refractivity contribution >= 4 is 11.6 Å². The Bertz CT molecular complexity index is 641. The summed E-state index contributed by atoms with van der Waals surface area (Å²) in [5.74, 6) is 1.83. The van der Waals surface area contributed by atoms with Crippen molar-refractivity contribution in [3.05, 3.63) is 18.1 Å². The fourth-order valence-electron chi connectivity index (χ4n) is 3.27. The van der Waals surface area contributed by atoms with Crippen molar-refractivity contribution in [3.8, 4) is 0 Å². The standard InChI is InChI=1S/C17H29N7/c1-4-15-13-16(24-17(20-15)18-14-19-24)23-11-9-22(10-12-23)8-7-21(5-2)6-3/h13-14H,4-12H2,1-3H3. The number of likely N-dealkylation sites (N-methyl/N-ethyl adjacent to an activating group) is 1. The molecule has 0 N–H and O–H groups in total. The van der Waals surface area contributed by atoms with E-state index >= 15 is 0 Å². The SMILES string of the molecule is CCc1cc(N2CCN(CCN(CC)CC)CC2)n2ncnc2n1. The summed E-state index contributed by atoms with van der Waals surface area (Å²) in [4.78, 5) is 16.3. The van der Waals surface area contributed by atoms with E-state index in [2.05, 4.69) is 56.6 Å². The Morgan fingerprint density at radius 2 is 1.83 bits per heavy atom. The minimum absolute atomic E-state index is 0.702. The summed E-state index contributed by atoms with van der Waals surface area (Å²) >= 11 is 0. The average molecular weight is 331 g/mol. The van der Waals surface area contributed by atoms with Gasteiger partial charge in [0.2, 0.25) is 0 Å². The van der Waals surface area contributed by atoms with Crippen molar-refractivity contribution < 1.29 is 0 Å². The lowest BCUT2D eigenvalue weighted by Gasteiger charge is -2.36. The molecule has 3 rings (SSSR count). The van der Waals surface area contributed by atoms with Gasteiger partial charge in [0, 0.05) is 51.0 Å². The zero-order valence-corrected chi connectivity index (χ0v) is 15.1. The van der Waals surface area contributed by atoms with Crippen LogP contribution in [-0.4, -0.2) is 81.7 Å². The van der Waals surface area contributed by atoms with Crippen molar-refractivity contribution in [2.24, 2.45) is 0 Å². The second-order valence-electron chi connectivity index (χ2n) is 6.29. The van der Waals surface area contributed by atoms with Gasteiger partial charge in [0.05, 0.1) is 0 Å². The highest BCUT2D eigenvalue weighted by Crippen LogP contribution is 2.18. The third kappa shape index (κ3) is 3.67. The molecule has 132 valence electrons. The van der Waals surface area contributed by atoms with Crippen molar-refractivity contribution in [1.29, 1.82) is 0 Å². The van der Waals surface area contributed by atoms with E-state index in [1.807, 2.05) is 4.52 Å². The van der Waals surface area contributed by atoms with Crippen molar-refractivity contribution in [2.45, 2.75) is 27.2 Å². The van der Waals surface area contributed by atoms with Gasteiger partial charge in [-0.25, -0.2) is 4.98 Å². The Labute approximate surface area is 144 Å². The van der Waals surface area contributed by atoms with Crippen LogP contribution in [0, 0.1) is 0 Å². The summed E-state index contributed by atoms with van der Waals surface area (Å²) in [5, 5.41) is 4.35. The Hall–Kier alpha value is -1.73. The summed E-state index contributed by atoms with van der Waals surface area (Å²) < 4.78 is 1.87. The first-order valence-corrected chi connectivity index (χ1v) is 9.14. The summed E-state index contributed by atoms with van der Waals surface area (Å²) in [6.07, 6.45) is 2.51. The minimum Gasteiger partial charge on any atom is -0.354 e. The first kappa shape index (κ1) is 17.1. The van der Waals surface area contributed by atoms with Crippen LogP contribution in [0.3, 0.4) is 0 Å². The molecule has 7 nitrogen and oxygen atoms in total. The van der Waals surface area contributed by atoms with E-state index < -0.39 is 0 Å². The predicted molar refractivity (Wildman–Crippen MR) is 96.6 cm³/mol. The molecule has 0 aliphatic carbocycles. The van der Waals surface area contributed by atoms with Crippen LogP contribution in [0.2, 0.25) is 0 Å². The van der Waals surface area contributed by atoms with Crippen molar-refractivity contribution in [3.63, 3.8) is 0 Å². The van der Waals surface area contributed by atoms with E-state index in [9.17, 15) is 0 Å². The number of nitrogens with zero attached hydrogens (tertiary/aromatic N) is 7. The zero-order valence-electron chi connectivity index (χ0n) is 15.1. The number of hydrogen-bond donors (Lipinski definition) is 0. The van der Waals surface area contributed by atoms with Gasteiger partial charge in [0.1, 0.15) is 12.1 Å². The second-order valence-corrected chi connectivity index (χ2v) is 6.29. The summed E-state index contributed by atoms with van der Waals surface area (Å²) in [6.45, 7) is 15.4. The van der Waals surface area contributed by atoms with Gasteiger partial charge < -0.3 is 9.80 Å². The fourth-order valence-corrected chi connectivity index (χ4v) is 3.27. The van der Waals surface area contributed by atoms with Crippen molar-refractivity contribution in [2.75, 3.05) is 57.3 Å². The van der Waals surface area contributed by atoms with E-state index in [0.29, 0.717) is 5.78 Å². The topological polar surface area (TPSA) is 52.8 Å². The maximum atomic E-state index is 4.54. The number of hydrogen-bond acceptors (Lipinski definition) is 6. The molecule has 1 saturated heterocycles. The van der Waals surface area contributed by atoms with Crippen molar-refractivity contribution in [1.82, 2.24) is 29.4 Å². The zero-order chi connectivity index (χ0) is 16.9. The quantitative estimate of drug-likeness (QED) is 0.759. The van der Waals surface area contributed by atoms with Gasteiger partial charge in [-0.2, -0.15) is 14.6 Å². The molecule has 0 spiro atoms. The number of aromatic nitrogens is 4. The van der Waals surface area contributed by atoms with Gasteiger partial charge >= 0.3 is 0 Å². The molecule has 0 amide bonds. The molecule has 0 radical (unpaired) electrons. The number of rotatable bonds is 7. The lowest BCUT2D eigenvalue weighted by atomic mass is 10.2. The number of piperazine rings is 1. The maximum absolute atomic E-state index is 4.54. The molecule has 0 aromatic carbocycles. The molecule has 2 aromatic rings. The number of fused-ring (bicyclic) bond motifs is 1. The van der Waals surface area contributed by atoms with Gasteiger partial charge in [-0.05, 0) is 19.5 Å². The normalized spacial score (nSPS) is 16.4. The lowest BCUT2D eigenvalue weighted by Crippen LogP contribution is -2.49. The third-order valence-corrected chi connectivity index (χ3v) is 4.97. The molecule has 0 bridgehead atoms. The van der Waals surface area contributed by atoms with Crippen LogP contribution in [0.5, 0.6) is 0 Å². The molecular weight excluding hydrogens is 302 g/mol. The molecule has 1 aliphatic rings. The highest BCUT2D eigenvalue weighted by Gasteiger charge is 2.20. The molecule has 0 unspecified atom stereocenters. The molecule has 1 aliphatic heterocycles. The van der Waals surface area contributed by atoms with Gasteiger partial charge in [0.15, 0.2) is 0 Å². The van der Waals surface area contributed by atoms with E-state index in [4.69, 9.17) is 0 Å². The smallest absolute Gasteiger partial charge is 0.254 e. The molecule has 7 heteroatoms. The largest absolute Gasteiger partial charge is 0.354 e. The van der Waals surface area contributed by atoms with Crippen LogP contribution in [-0.2, 0) is 6.42 Å². The Balaban J connectivity index is 1.63. The minimum atomic E-state index is 0.702. The third-order valence-electron chi connectivity index (χ3n) is 4.97. The summed E-state index contributed by atoms with van der Waals surface area (Å²) in [5.41, 5.74) is 1.08. The molecule has 2 aromatic heterocycles. The lowest BCUT2D eigenvalue weighted by molar-refractivity contribution is 0.205. The monoisotopic (exact) mass is 331 g/mol. The Morgan fingerprint density at radius 1 is 1.08 bits per heavy atom. The predicted octanol–water partition coefficient (Wildman–Crippen LogP) is 1.15. The number of aryl methyl sites for hydroxylation is 1. The van der Waals surface area contributed by atoms with Crippen LogP contribution in [0.15, 0.2) is 12.4 Å².